The van der Waals surface area contributed by atoms with Gasteiger partial charge in [-0.15, -0.1) is 0 Å². The van der Waals surface area contributed by atoms with Gasteiger partial charge in [0, 0.05) is 12.1 Å². The molecule has 0 amide bonds. The molecule has 2 aromatic rings. The number of carbonyl (C=O) groups is 1. The molecule has 1 N–H and O–H groups in total. The first-order chi connectivity index (χ1) is 9.82. The van der Waals surface area contributed by atoms with E-state index in [1.807, 2.05) is 13.8 Å². The maximum Gasteiger partial charge on any atom is 0.358 e. The topological polar surface area (TPSA) is 98.3 Å². The molecule has 8 heteroatoms. The number of aromatic nitrogens is 2. The zero-order chi connectivity index (χ0) is 15.7. The van der Waals surface area contributed by atoms with Gasteiger partial charge >= 0.3 is 5.97 Å². The van der Waals surface area contributed by atoms with Crippen molar-refractivity contribution in [2.45, 2.75) is 19.8 Å². The van der Waals surface area contributed by atoms with Crippen LogP contribution in [0.4, 0.5) is 5.69 Å². The molecule has 0 spiro atoms. The van der Waals surface area contributed by atoms with E-state index in [1.54, 1.807) is 6.07 Å². The van der Waals surface area contributed by atoms with Gasteiger partial charge in [-0.25, -0.2) is 9.48 Å². The second-order valence-corrected chi connectivity index (χ2v) is 5.07. The van der Waals surface area contributed by atoms with Gasteiger partial charge in [-0.3, -0.25) is 10.1 Å². The highest BCUT2D eigenvalue weighted by atomic mass is 35.5. The van der Waals surface area contributed by atoms with Crippen LogP contribution in [0.3, 0.4) is 0 Å². The minimum atomic E-state index is -1.24. The average Bonchev–Trinajstić information content (AvgIpc) is 2.76. The summed E-state index contributed by atoms with van der Waals surface area (Å²) in [7, 11) is 0. The second-order valence-electron chi connectivity index (χ2n) is 4.70. The first-order valence-corrected chi connectivity index (χ1v) is 6.47. The van der Waals surface area contributed by atoms with Crippen LogP contribution in [0.2, 0.25) is 5.02 Å². The second kappa shape index (κ2) is 5.53. The zero-order valence-electron chi connectivity index (χ0n) is 11.3. The lowest BCUT2D eigenvalue weighted by molar-refractivity contribution is -0.384. The van der Waals surface area contributed by atoms with Gasteiger partial charge < -0.3 is 5.11 Å². The molecular formula is C13H12ClN3O4. The van der Waals surface area contributed by atoms with Gasteiger partial charge in [0.15, 0.2) is 5.69 Å². The first kappa shape index (κ1) is 15.0. The largest absolute Gasteiger partial charge is 0.476 e. The molecule has 0 bridgehead atoms. The molecular weight excluding hydrogens is 298 g/mol. The van der Waals surface area contributed by atoms with Crippen molar-refractivity contribution in [3.63, 3.8) is 0 Å². The quantitative estimate of drug-likeness (QED) is 0.690. The first-order valence-electron chi connectivity index (χ1n) is 6.09. The number of rotatable bonds is 4. The van der Waals surface area contributed by atoms with E-state index < -0.39 is 10.9 Å². The average molecular weight is 310 g/mol. The highest BCUT2D eigenvalue weighted by Gasteiger charge is 2.24. The summed E-state index contributed by atoms with van der Waals surface area (Å²) in [6.07, 6.45) is 0. The standard InChI is InChI=1S/C13H12ClN3O4/c1-7(2)12-10(14)11(13(18)19)15-16(12)8-4-3-5-9(6-8)17(20)21/h3-7H,1-2H3,(H,18,19). The van der Waals surface area contributed by atoms with Crippen LogP contribution in [0.25, 0.3) is 5.69 Å². The lowest BCUT2D eigenvalue weighted by Gasteiger charge is -2.10. The maximum absolute atomic E-state index is 11.1. The predicted molar refractivity (Wildman–Crippen MR) is 76.3 cm³/mol. The van der Waals surface area contributed by atoms with E-state index in [1.165, 1.54) is 22.9 Å². The van der Waals surface area contributed by atoms with Gasteiger partial charge in [0.25, 0.3) is 5.69 Å². The molecule has 0 fully saturated rings. The third kappa shape index (κ3) is 2.73. The Morgan fingerprint density at radius 2 is 2.14 bits per heavy atom. The maximum atomic E-state index is 11.1. The van der Waals surface area contributed by atoms with Gasteiger partial charge in [0.05, 0.1) is 21.3 Å². The number of carboxylic acids is 1. The predicted octanol–water partition coefficient (Wildman–Crippen LogP) is 3.26. The highest BCUT2D eigenvalue weighted by molar-refractivity contribution is 6.34. The van der Waals surface area contributed by atoms with Crippen LogP contribution in [0.1, 0.15) is 35.9 Å². The highest BCUT2D eigenvalue weighted by Crippen LogP contribution is 2.30. The Balaban J connectivity index is 2.68. The Morgan fingerprint density at radius 1 is 1.48 bits per heavy atom. The van der Waals surface area contributed by atoms with Crippen molar-refractivity contribution < 1.29 is 14.8 Å². The van der Waals surface area contributed by atoms with E-state index in [0.717, 1.165) is 0 Å². The van der Waals surface area contributed by atoms with Crippen molar-refractivity contribution in [3.05, 3.63) is 50.8 Å². The van der Waals surface area contributed by atoms with Gasteiger partial charge in [-0.2, -0.15) is 5.10 Å². The molecule has 110 valence electrons. The van der Waals surface area contributed by atoms with Crippen LogP contribution in [0.15, 0.2) is 24.3 Å². The lowest BCUT2D eigenvalue weighted by Crippen LogP contribution is -2.05. The summed E-state index contributed by atoms with van der Waals surface area (Å²) in [5.74, 6) is -1.34. The number of nitro groups is 1. The SMILES string of the molecule is CC(C)c1c(Cl)c(C(=O)O)nn1-c1cccc([N+](=O)[O-])c1. The van der Waals surface area contributed by atoms with E-state index in [4.69, 9.17) is 16.7 Å². The fourth-order valence-electron chi connectivity index (χ4n) is 1.98. The Labute approximate surface area is 124 Å². The van der Waals surface area contributed by atoms with Gasteiger partial charge in [0.1, 0.15) is 0 Å². The number of aromatic carboxylic acids is 1. The lowest BCUT2D eigenvalue weighted by atomic mass is 10.1. The van der Waals surface area contributed by atoms with E-state index >= 15 is 0 Å². The molecule has 0 aliphatic carbocycles. The van der Waals surface area contributed by atoms with Crippen molar-refractivity contribution in [2.75, 3.05) is 0 Å². The Bertz CT molecular complexity index is 724. The number of hydrogen-bond donors (Lipinski definition) is 1. The molecule has 2 rings (SSSR count). The molecule has 1 heterocycles. The van der Waals surface area contributed by atoms with E-state index in [9.17, 15) is 14.9 Å². The molecule has 0 aliphatic heterocycles. The van der Waals surface area contributed by atoms with Crippen LogP contribution < -0.4 is 0 Å². The van der Waals surface area contributed by atoms with Crippen molar-refractivity contribution in [1.82, 2.24) is 9.78 Å². The molecule has 0 radical (unpaired) electrons. The molecule has 0 aliphatic rings. The molecule has 0 saturated carbocycles. The molecule has 0 atom stereocenters. The smallest absolute Gasteiger partial charge is 0.358 e. The van der Waals surface area contributed by atoms with Crippen LogP contribution in [0.5, 0.6) is 0 Å². The van der Waals surface area contributed by atoms with E-state index in [2.05, 4.69) is 5.10 Å². The number of hydrogen-bond acceptors (Lipinski definition) is 4. The fraction of sp³-hybridized carbons (Fsp3) is 0.231. The Hall–Kier alpha value is -2.41. The van der Waals surface area contributed by atoms with Crippen LogP contribution in [0, 0.1) is 10.1 Å². The van der Waals surface area contributed by atoms with E-state index in [0.29, 0.717) is 11.4 Å². The van der Waals surface area contributed by atoms with Crippen LogP contribution >= 0.6 is 11.6 Å². The molecule has 21 heavy (non-hydrogen) atoms. The summed E-state index contributed by atoms with van der Waals surface area (Å²) in [5.41, 5.74) is 0.509. The number of nitrogens with zero attached hydrogens (tertiary/aromatic N) is 3. The third-order valence-electron chi connectivity index (χ3n) is 2.90. The number of benzene rings is 1. The van der Waals surface area contributed by atoms with Gasteiger partial charge in [-0.1, -0.05) is 31.5 Å². The minimum absolute atomic E-state index is 0.0454. The van der Waals surface area contributed by atoms with Crippen molar-refractivity contribution in [1.29, 1.82) is 0 Å². The molecule has 0 unspecified atom stereocenters. The minimum Gasteiger partial charge on any atom is -0.476 e. The monoisotopic (exact) mass is 309 g/mol. The number of halogens is 1. The summed E-state index contributed by atoms with van der Waals surface area (Å²) < 4.78 is 1.34. The van der Waals surface area contributed by atoms with Gasteiger partial charge in [-0.05, 0) is 12.0 Å². The fourth-order valence-corrected chi connectivity index (χ4v) is 2.40. The number of nitro benzene ring substituents is 1. The Morgan fingerprint density at radius 3 is 2.67 bits per heavy atom. The summed E-state index contributed by atoms with van der Waals surface area (Å²) in [4.78, 5) is 21.5. The summed E-state index contributed by atoms with van der Waals surface area (Å²) in [6.45, 7) is 3.67. The van der Waals surface area contributed by atoms with Crippen LogP contribution in [-0.4, -0.2) is 25.8 Å². The normalized spacial score (nSPS) is 10.9. The molecule has 1 aromatic heterocycles. The summed E-state index contributed by atoms with van der Waals surface area (Å²) in [6, 6.07) is 5.78. The third-order valence-corrected chi connectivity index (χ3v) is 3.27. The molecule has 0 saturated heterocycles. The van der Waals surface area contributed by atoms with Gasteiger partial charge in [0.2, 0.25) is 0 Å². The summed E-state index contributed by atoms with van der Waals surface area (Å²) in [5, 5.41) is 24.0. The van der Waals surface area contributed by atoms with Crippen LogP contribution in [-0.2, 0) is 0 Å². The number of non-ortho nitro benzene ring substituents is 1. The summed E-state index contributed by atoms with van der Waals surface area (Å²) >= 11 is 6.07. The number of carboxylic acid groups (broad SMARTS) is 1. The Kier molecular flexibility index (Phi) is 3.95. The molecule has 1 aromatic carbocycles. The van der Waals surface area contributed by atoms with E-state index in [-0.39, 0.29) is 22.3 Å². The zero-order valence-corrected chi connectivity index (χ0v) is 12.0. The van der Waals surface area contributed by atoms with Crippen molar-refractivity contribution >= 4 is 23.3 Å². The molecule has 7 nitrogen and oxygen atoms in total. The van der Waals surface area contributed by atoms with Crippen molar-refractivity contribution in [2.24, 2.45) is 0 Å². The van der Waals surface area contributed by atoms with Crippen molar-refractivity contribution in [3.8, 4) is 5.69 Å².